The zero-order valence-corrected chi connectivity index (χ0v) is 16.0. The Labute approximate surface area is 171 Å². The lowest BCUT2D eigenvalue weighted by molar-refractivity contribution is 0.0941. The van der Waals surface area contributed by atoms with Crippen LogP contribution in [0.4, 0.5) is 8.78 Å². The summed E-state index contributed by atoms with van der Waals surface area (Å²) in [5.74, 6) is -0.978. The van der Waals surface area contributed by atoms with Crippen molar-refractivity contribution in [1.82, 2.24) is 25.1 Å². The van der Waals surface area contributed by atoms with Crippen molar-refractivity contribution in [2.75, 3.05) is 0 Å². The fourth-order valence-electron chi connectivity index (χ4n) is 2.98. The number of halogens is 2. The SMILES string of the molecule is Cn1nc(-c2ccc(F)cc2)cc1C(=O)NCc1cc(-c2ccc(F)cc2)ncn1. The Hall–Kier alpha value is -3.94. The molecular weight excluding hydrogens is 388 g/mol. The number of amides is 1. The van der Waals surface area contributed by atoms with Crippen LogP contribution in [0.1, 0.15) is 16.2 Å². The van der Waals surface area contributed by atoms with E-state index in [-0.39, 0.29) is 24.1 Å². The van der Waals surface area contributed by atoms with Gasteiger partial charge in [0.15, 0.2) is 0 Å². The molecule has 2 aromatic carbocycles. The molecule has 6 nitrogen and oxygen atoms in total. The second-order valence-electron chi connectivity index (χ2n) is 6.63. The molecule has 0 bridgehead atoms. The normalized spacial score (nSPS) is 10.8. The number of nitrogens with zero attached hydrogens (tertiary/aromatic N) is 4. The van der Waals surface area contributed by atoms with Gasteiger partial charge in [0.25, 0.3) is 5.91 Å². The number of carbonyl (C=O) groups excluding carboxylic acids is 1. The maximum atomic E-state index is 13.1. The third-order valence-corrected chi connectivity index (χ3v) is 4.55. The van der Waals surface area contributed by atoms with Crippen molar-refractivity contribution in [3.8, 4) is 22.5 Å². The highest BCUT2D eigenvalue weighted by Crippen LogP contribution is 2.20. The van der Waals surface area contributed by atoms with Crippen LogP contribution in [0.5, 0.6) is 0 Å². The summed E-state index contributed by atoms with van der Waals surface area (Å²) in [6, 6.07) is 15.3. The summed E-state index contributed by atoms with van der Waals surface area (Å²) in [4.78, 5) is 21.0. The molecular formula is C22H17F2N5O. The highest BCUT2D eigenvalue weighted by atomic mass is 19.1. The Kier molecular flexibility index (Phi) is 5.30. The van der Waals surface area contributed by atoms with Crippen LogP contribution in [0.2, 0.25) is 0 Å². The van der Waals surface area contributed by atoms with Crippen LogP contribution in [0, 0.1) is 11.6 Å². The quantitative estimate of drug-likeness (QED) is 0.549. The monoisotopic (exact) mass is 405 g/mol. The van der Waals surface area contributed by atoms with Gasteiger partial charge in [-0.25, -0.2) is 18.7 Å². The van der Waals surface area contributed by atoms with Gasteiger partial charge in [-0.2, -0.15) is 5.10 Å². The minimum Gasteiger partial charge on any atom is -0.345 e. The lowest BCUT2D eigenvalue weighted by atomic mass is 10.1. The van der Waals surface area contributed by atoms with Crippen molar-refractivity contribution >= 4 is 5.91 Å². The first-order chi connectivity index (χ1) is 14.5. The maximum Gasteiger partial charge on any atom is 0.269 e. The van der Waals surface area contributed by atoms with Crippen LogP contribution in [-0.2, 0) is 13.6 Å². The van der Waals surface area contributed by atoms with E-state index in [1.807, 2.05) is 0 Å². The molecule has 0 radical (unpaired) electrons. The summed E-state index contributed by atoms with van der Waals surface area (Å²) in [7, 11) is 1.67. The largest absolute Gasteiger partial charge is 0.345 e. The van der Waals surface area contributed by atoms with E-state index < -0.39 is 0 Å². The number of aryl methyl sites for hydroxylation is 1. The van der Waals surface area contributed by atoms with Crippen molar-refractivity contribution in [3.05, 3.63) is 90.0 Å². The average molecular weight is 405 g/mol. The molecule has 0 aliphatic rings. The molecule has 0 saturated carbocycles. The maximum absolute atomic E-state index is 13.1. The molecule has 30 heavy (non-hydrogen) atoms. The molecule has 0 aliphatic carbocycles. The van der Waals surface area contributed by atoms with Crippen molar-refractivity contribution in [1.29, 1.82) is 0 Å². The molecule has 1 N–H and O–H groups in total. The lowest BCUT2D eigenvalue weighted by Crippen LogP contribution is -2.25. The molecule has 0 spiro atoms. The van der Waals surface area contributed by atoms with Crippen LogP contribution in [0.25, 0.3) is 22.5 Å². The van der Waals surface area contributed by atoms with Crippen molar-refractivity contribution < 1.29 is 13.6 Å². The standard InChI is InChI=1S/C22H17F2N5O/c1-29-21(11-20(28-29)15-4-8-17(24)9-5-15)22(30)25-12-18-10-19(27-13-26-18)14-2-6-16(23)7-3-14/h2-11,13H,12H2,1H3,(H,25,30). The first kappa shape index (κ1) is 19.4. The third-order valence-electron chi connectivity index (χ3n) is 4.55. The predicted octanol–water partition coefficient (Wildman–Crippen LogP) is 3.75. The van der Waals surface area contributed by atoms with Gasteiger partial charge in [-0.05, 0) is 60.7 Å². The predicted molar refractivity (Wildman–Crippen MR) is 107 cm³/mol. The summed E-state index contributed by atoms with van der Waals surface area (Å²) in [6.45, 7) is 0.187. The fourth-order valence-corrected chi connectivity index (χ4v) is 2.98. The molecule has 4 rings (SSSR count). The zero-order valence-electron chi connectivity index (χ0n) is 16.0. The second kappa shape index (κ2) is 8.20. The van der Waals surface area contributed by atoms with Crippen molar-refractivity contribution in [2.45, 2.75) is 6.54 Å². The number of rotatable bonds is 5. The van der Waals surface area contributed by atoms with E-state index in [4.69, 9.17) is 0 Å². The number of nitrogens with one attached hydrogen (secondary N) is 1. The molecule has 4 aromatic rings. The Balaban J connectivity index is 1.47. The van der Waals surface area contributed by atoms with Gasteiger partial charge in [0.2, 0.25) is 0 Å². The lowest BCUT2D eigenvalue weighted by Gasteiger charge is -2.06. The summed E-state index contributed by atoms with van der Waals surface area (Å²) in [5, 5.41) is 7.13. The Morgan fingerprint density at radius 1 is 0.900 bits per heavy atom. The second-order valence-corrected chi connectivity index (χ2v) is 6.63. The van der Waals surface area contributed by atoms with E-state index in [1.54, 1.807) is 43.4 Å². The van der Waals surface area contributed by atoms with Crippen LogP contribution < -0.4 is 5.32 Å². The van der Waals surface area contributed by atoms with Crippen molar-refractivity contribution in [2.24, 2.45) is 7.05 Å². The van der Waals surface area contributed by atoms with Gasteiger partial charge in [-0.1, -0.05) is 0 Å². The fraction of sp³-hybridized carbons (Fsp3) is 0.0909. The molecule has 150 valence electrons. The first-order valence-corrected chi connectivity index (χ1v) is 9.14. The van der Waals surface area contributed by atoms with E-state index in [1.165, 1.54) is 35.3 Å². The molecule has 0 fully saturated rings. The Morgan fingerprint density at radius 3 is 2.13 bits per heavy atom. The number of hydrogen-bond acceptors (Lipinski definition) is 4. The number of benzene rings is 2. The summed E-state index contributed by atoms with van der Waals surface area (Å²) >= 11 is 0. The van der Waals surface area contributed by atoms with Gasteiger partial charge < -0.3 is 5.32 Å². The molecule has 1 amide bonds. The van der Waals surface area contributed by atoms with Crippen molar-refractivity contribution in [3.63, 3.8) is 0 Å². The van der Waals surface area contributed by atoms with Gasteiger partial charge in [0, 0.05) is 18.2 Å². The Morgan fingerprint density at radius 2 is 1.50 bits per heavy atom. The summed E-state index contributed by atoms with van der Waals surface area (Å²) < 4.78 is 27.7. The molecule has 0 unspecified atom stereocenters. The van der Waals surface area contributed by atoms with E-state index in [2.05, 4.69) is 20.4 Å². The topological polar surface area (TPSA) is 72.7 Å². The molecule has 8 heteroatoms. The summed E-state index contributed by atoms with van der Waals surface area (Å²) in [5.41, 5.74) is 3.64. The van der Waals surface area contributed by atoms with E-state index in [9.17, 15) is 13.6 Å². The van der Waals surface area contributed by atoms with E-state index in [0.29, 0.717) is 28.3 Å². The highest BCUT2D eigenvalue weighted by Gasteiger charge is 2.14. The van der Waals surface area contributed by atoms with Gasteiger partial charge in [-0.15, -0.1) is 0 Å². The van der Waals surface area contributed by atoms with Crippen LogP contribution >= 0.6 is 0 Å². The number of carbonyl (C=O) groups is 1. The average Bonchev–Trinajstić information content (AvgIpc) is 3.15. The molecule has 2 heterocycles. The van der Waals surface area contributed by atoms with Gasteiger partial charge >= 0.3 is 0 Å². The van der Waals surface area contributed by atoms with E-state index in [0.717, 1.165) is 5.56 Å². The first-order valence-electron chi connectivity index (χ1n) is 9.14. The molecule has 0 atom stereocenters. The zero-order chi connectivity index (χ0) is 21.1. The highest BCUT2D eigenvalue weighted by molar-refractivity contribution is 5.93. The smallest absolute Gasteiger partial charge is 0.269 e. The third kappa shape index (κ3) is 4.22. The van der Waals surface area contributed by atoms with Crippen LogP contribution in [-0.4, -0.2) is 25.7 Å². The van der Waals surface area contributed by atoms with Crippen LogP contribution in [0.3, 0.4) is 0 Å². The van der Waals surface area contributed by atoms with Gasteiger partial charge in [0.05, 0.1) is 23.6 Å². The minimum absolute atomic E-state index is 0.187. The Bertz CT molecular complexity index is 1190. The summed E-state index contributed by atoms with van der Waals surface area (Å²) in [6.07, 6.45) is 1.40. The number of aromatic nitrogens is 4. The number of hydrogen-bond donors (Lipinski definition) is 1. The molecule has 2 aromatic heterocycles. The minimum atomic E-state index is -0.336. The van der Waals surface area contributed by atoms with Gasteiger partial charge in [0.1, 0.15) is 23.7 Å². The molecule has 0 saturated heterocycles. The van der Waals surface area contributed by atoms with E-state index >= 15 is 0 Å². The molecule has 0 aliphatic heterocycles. The van der Waals surface area contributed by atoms with Crippen LogP contribution in [0.15, 0.2) is 67.0 Å². The van der Waals surface area contributed by atoms with Gasteiger partial charge in [-0.3, -0.25) is 9.48 Å².